The minimum Gasteiger partial charge on any atom is -0.444 e. The van der Waals surface area contributed by atoms with Crippen molar-refractivity contribution in [3.05, 3.63) is 18.0 Å². The Hall–Kier alpha value is -1.89. The molecule has 2 heterocycles. The molecule has 1 saturated heterocycles. The second-order valence-electron chi connectivity index (χ2n) is 6.43. The summed E-state index contributed by atoms with van der Waals surface area (Å²) in [7, 11) is 1.80. The highest BCUT2D eigenvalue weighted by Crippen LogP contribution is 2.16. The van der Waals surface area contributed by atoms with Crippen molar-refractivity contribution in [2.45, 2.75) is 38.8 Å². The highest BCUT2D eigenvalue weighted by atomic mass is 16.6. The third-order valence-corrected chi connectivity index (χ3v) is 3.26. The van der Waals surface area contributed by atoms with Crippen molar-refractivity contribution in [2.75, 3.05) is 19.8 Å². The maximum absolute atomic E-state index is 12.5. The third kappa shape index (κ3) is 4.30. The summed E-state index contributed by atoms with van der Waals surface area (Å²) < 4.78 is 12.4. The summed E-state index contributed by atoms with van der Waals surface area (Å²) in [6.45, 7) is 6.39. The first-order valence-corrected chi connectivity index (χ1v) is 7.34. The van der Waals surface area contributed by atoms with Crippen LogP contribution in [0.5, 0.6) is 0 Å². The van der Waals surface area contributed by atoms with Crippen LogP contribution in [-0.4, -0.2) is 58.0 Å². The summed E-state index contributed by atoms with van der Waals surface area (Å²) in [5, 5.41) is 4.05. The van der Waals surface area contributed by atoms with Crippen LogP contribution in [0, 0.1) is 0 Å². The molecule has 0 aliphatic carbocycles. The molecule has 1 aliphatic rings. The molecule has 1 aromatic heterocycles. The van der Waals surface area contributed by atoms with Crippen molar-refractivity contribution in [1.29, 1.82) is 0 Å². The van der Waals surface area contributed by atoms with Crippen LogP contribution in [-0.2, 0) is 27.7 Å². The number of ether oxygens (including phenoxy) is 2. The van der Waals surface area contributed by atoms with Gasteiger partial charge in [0.25, 0.3) is 0 Å². The van der Waals surface area contributed by atoms with Gasteiger partial charge in [-0.25, -0.2) is 4.79 Å². The molecular formula is C15H23N3O4. The maximum Gasteiger partial charge on any atom is 0.411 e. The average Bonchev–Trinajstić information content (AvgIpc) is 2.82. The van der Waals surface area contributed by atoms with Crippen molar-refractivity contribution in [3.8, 4) is 0 Å². The van der Waals surface area contributed by atoms with Crippen LogP contribution in [0.15, 0.2) is 12.4 Å². The van der Waals surface area contributed by atoms with Gasteiger partial charge in [-0.1, -0.05) is 0 Å². The molecule has 1 aromatic rings. The SMILES string of the molecule is Cn1cc(CC(=O)C2COCCN2C(=O)OC(C)(C)C)cn1. The number of hydrogen-bond donors (Lipinski definition) is 0. The van der Waals surface area contributed by atoms with Gasteiger partial charge in [0, 0.05) is 26.2 Å². The number of carbonyl (C=O) groups excluding carboxylic acids is 2. The Kier molecular flexibility index (Phi) is 4.85. The van der Waals surface area contributed by atoms with E-state index in [-0.39, 0.29) is 18.8 Å². The molecule has 0 radical (unpaired) electrons. The summed E-state index contributed by atoms with van der Waals surface area (Å²) in [4.78, 5) is 26.2. The van der Waals surface area contributed by atoms with Gasteiger partial charge in [-0.3, -0.25) is 14.4 Å². The molecule has 22 heavy (non-hydrogen) atoms. The predicted octanol–water partition coefficient (Wildman–Crippen LogP) is 1.17. The Balaban J connectivity index is 2.05. The van der Waals surface area contributed by atoms with E-state index in [0.717, 1.165) is 5.56 Å². The molecule has 0 spiro atoms. The lowest BCUT2D eigenvalue weighted by Crippen LogP contribution is -2.54. The van der Waals surface area contributed by atoms with Crippen molar-refractivity contribution >= 4 is 11.9 Å². The molecule has 1 unspecified atom stereocenters. The van der Waals surface area contributed by atoms with E-state index in [4.69, 9.17) is 9.47 Å². The standard InChI is InChI=1S/C15H23N3O4/c1-15(2,3)22-14(20)18-5-6-21-10-12(18)13(19)7-11-8-16-17(4)9-11/h8-9,12H,5-7,10H2,1-4H3. The number of rotatable bonds is 3. The summed E-state index contributed by atoms with van der Waals surface area (Å²) in [6.07, 6.45) is 3.19. The highest BCUT2D eigenvalue weighted by Gasteiger charge is 2.35. The van der Waals surface area contributed by atoms with Gasteiger partial charge in [0.05, 0.1) is 19.4 Å². The molecule has 1 amide bonds. The van der Waals surface area contributed by atoms with Gasteiger partial charge in [-0.15, -0.1) is 0 Å². The van der Waals surface area contributed by atoms with Crippen LogP contribution >= 0.6 is 0 Å². The number of carbonyl (C=O) groups is 2. The minimum absolute atomic E-state index is 0.0708. The summed E-state index contributed by atoms with van der Waals surface area (Å²) in [5.41, 5.74) is 0.231. The van der Waals surface area contributed by atoms with E-state index >= 15 is 0 Å². The van der Waals surface area contributed by atoms with Crippen molar-refractivity contribution in [2.24, 2.45) is 7.05 Å². The number of ketones is 1. The fraction of sp³-hybridized carbons (Fsp3) is 0.667. The van der Waals surface area contributed by atoms with Crippen LogP contribution in [0.4, 0.5) is 4.79 Å². The molecule has 0 N–H and O–H groups in total. The predicted molar refractivity (Wildman–Crippen MR) is 79.5 cm³/mol. The molecule has 1 fully saturated rings. The lowest BCUT2D eigenvalue weighted by atomic mass is 10.0. The third-order valence-electron chi connectivity index (χ3n) is 3.26. The number of morpholine rings is 1. The minimum atomic E-state index is -0.608. The molecule has 0 bridgehead atoms. The van der Waals surface area contributed by atoms with Gasteiger partial charge in [0.15, 0.2) is 5.78 Å². The van der Waals surface area contributed by atoms with Gasteiger partial charge in [0.1, 0.15) is 11.6 Å². The molecule has 122 valence electrons. The first-order chi connectivity index (χ1) is 10.3. The monoisotopic (exact) mass is 309 g/mol. The van der Waals surface area contributed by atoms with E-state index in [1.165, 1.54) is 4.90 Å². The zero-order valence-corrected chi connectivity index (χ0v) is 13.5. The average molecular weight is 309 g/mol. The molecule has 0 saturated carbocycles. The summed E-state index contributed by atoms with van der Waals surface area (Å²) >= 11 is 0. The molecule has 0 aromatic carbocycles. The zero-order chi connectivity index (χ0) is 16.3. The van der Waals surface area contributed by atoms with Crippen LogP contribution < -0.4 is 0 Å². The lowest BCUT2D eigenvalue weighted by molar-refractivity contribution is -0.129. The number of nitrogens with zero attached hydrogens (tertiary/aromatic N) is 3. The van der Waals surface area contributed by atoms with Crippen LogP contribution in [0.2, 0.25) is 0 Å². The molecule has 7 heteroatoms. The summed E-state index contributed by atoms with van der Waals surface area (Å²) in [6, 6.07) is -0.608. The Labute approximate surface area is 130 Å². The molecule has 1 aliphatic heterocycles. The van der Waals surface area contributed by atoms with Crippen LogP contribution in [0.1, 0.15) is 26.3 Å². The van der Waals surface area contributed by atoms with Gasteiger partial charge >= 0.3 is 6.09 Å². The summed E-state index contributed by atoms with van der Waals surface area (Å²) in [5.74, 6) is -0.0708. The maximum atomic E-state index is 12.5. The second kappa shape index (κ2) is 6.48. The number of Topliss-reactive ketones (excluding diaryl/α,β-unsaturated/α-hetero) is 1. The van der Waals surface area contributed by atoms with Crippen LogP contribution in [0.3, 0.4) is 0 Å². The lowest BCUT2D eigenvalue weighted by Gasteiger charge is -2.35. The first-order valence-electron chi connectivity index (χ1n) is 7.34. The fourth-order valence-electron chi connectivity index (χ4n) is 2.29. The van der Waals surface area contributed by atoms with E-state index in [1.54, 1.807) is 44.9 Å². The van der Waals surface area contributed by atoms with E-state index < -0.39 is 17.7 Å². The number of hydrogen-bond acceptors (Lipinski definition) is 5. The Morgan fingerprint density at radius 1 is 1.45 bits per heavy atom. The number of aryl methyl sites for hydroxylation is 1. The van der Waals surface area contributed by atoms with Gasteiger partial charge in [-0.05, 0) is 26.3 Å². The van der Waals surface area contributed by atoms with Crippen LogP contribution in [0.25, 0.3) is 0 Å². The van der Waals surface area contributed by atoms with E-state index in [9.17, 15) is 9.59 Å². The smallest absolute Gasteiger partial charge is 0.411 e. The van der Waals surface area contributed by atoms with Crippen molar-refractivity contribution in [1.82, 2.24) is 14.7 Å². The van der Waals surface area contributed by atoms with E-state index in [2.05, 4.69) is 5.10 Å². The number of aromatic nitrogens is 2. The molecule has 7 nitrogen and oxygen atoms in total. The molecular weight excluding hydrogens is 286 g/mol. The zero-order valence-electron chi connectivity index (χ0n) is 13.5. The Morgan fingerprint density at radius 2 is 2.18 bits per heavy atom. The van der Waals surface area contributed by atoms with Gasteiger partial charge in [-0.2, -0.15) is 5.10 Å². The fourth-order valence-corrected chi connectivity index (χ4v) is 2.29. The van der Waals surface area contributed by atoms with Gasteiger partial charge < -0.3 is 9.47 Å². The van der Waals surface area contributed by atoms with Crippen molar-refractivity contribution in [3.63, 3.8) is 0 Å². The Morgan fingerprint density at radius 3 is 2.77 bits per heavy atom. The first kappa shape index (κ1) is 16.5. The van der Waals surface area contributed by atoms with E-state index in [0.29, 0.717) is 13.2 Å². The normalized spacial score (nSPS) is 19.1. The topological polar surface area (TPSA) is 73.7 Å². The molecule has 1 atom stereocenters. The largest absolute Gasteiger partial charge is 0.444 e. The number of amides is 1. The Bertz CT molecular complexity index is 547. The van der Waals surface area contributed by atoms with E-state index in [1.807, 2.05) is 0 Å². The second-order valence-corrected chi connectivity index (χ2v) is 6.43. The highest BCUT2D eigenvalue weighted by molar-refractivity contribution is 5.89. The quantitative estimate of drug-likeness (QED) is 0.838. The molecule has 2 rings (SSSR count). The van der Waals surface area contributed by atoms with Gasteiger partial charge in [0.2, 0.25) is 0 Å². The van der Waals surface area contributed by atoms with Crippen molar-refractivity contribution < 1.29 is 19.1 Å².